The molecule has 0 amide bonds. The molecular formula is C17H14ClFN4O2. The topological polar surface area (TPSA) is 94.0 Å². The minimum atomic E-state index is -0.379. The molecule has 0 atom stereocenters. The Balaban J connectivity index is 1.72. The molecule has 25 heavy (non-hydrogen) atoms. The normalized spacial score (nSPS) is 10.6. The van der Waals surface area contributed by atoms with Crippen molar-refractivity contribution in [2.24, 2.45) is 0 Å². The van der Waals surface area contributed by atoms with Crippen molar-refractivity contribution >= 4 is 28.9 Å². The number of hydrogen-bond donors (Lipinski definition) is 2. The van der Waals surface area contributed by atoms with Gasteiger partial charge >= 0.3 is 0 Å². The highest BCUT2D eigenvalue weighted by atomic mass is 35.5. The number of nitrogens with one attached hydrogen (secondary N) is 1. The van der Waals surface area contributed by atoms with Gasteiger partial charge in [-0.25, -0.2) is 9.37 Å². The Morgan fingerprint density at radius 3 is 2.92 bits per heavy atom. The van der Waals surface area contributed by atoms with Crippen molar-refractivity contribution in [1.82, 2.24) is 9.97 Å². The van der Waals surface area contributed by atoms with Crippen molar-refractivity contribution in [3.05, 3.63) is 70.8 Å². The molecule has 0 aliphatic carbocycles. The van der Waals surface area contributed by atoms with Crippen LogP contribution in [0.25, 0.3) is 0 Å². The first-order valence-corrected chi connectivity index (χ1v) is 7.76. The molecule has 8 heteroatoms. The van der Waals surface area contributed by atoms with E-state index in [4.69, 9.17) is 21.8 Å². The Kier molecular flexibility index (Phi) is 4.95. The molecule has 0 aliphatic heterocycles. The first-order valence-electron chi connectivity index (χ1n) is 7.39. The predicted octanol–water partition coefficient (Wildman–Crippen LogP) is 3.48. The third kappa shape index (κ3) is 4.13. The number of rotatable bonds is 6. The van der Waals surface area contributed by atoms with Gasteiger partial charge in [-0.1, -0.05) is 12.1 Å². The lowest BCUT2D eigenvalue weighted by molar-refractivity contribution is 0.0988. The van der Waals surface area contributed by atoms with Crippen LogP contribution in [0.4, 0.5) is 15.9 Å². The molecule has 0 unspecified atom stereocenters. The van der Waals surface area contributed by atoms with E-state index in [1.807, 2.05) is 0 Å². The molecule has 2 heterocycles. The average molecular weight is 361 g/mol. The molecule has 3 rings (SSSR count). The number of nitrogens with zero attached hydrogens (tertiary/aromatic N) is 2. The molecule has 3 N–H and O–H groups in total. The summed E-state index contributed by atoms with van der Waals surface area (Å²) in [7, 11) is 0. The zero-order valence-corrected chi connectivity index (χ0v) is 13.8. The Bertz CT molecular complexity index is 913. The lowest BCUT2D eigenvalue weighted by atomic mass is 10.0. The summed E-state index contributed by atoms with van der Waals surface area (Å²) in [6.07, 6.45) is 2.83. The molecule has 3 aromatic rings. The monoisotopic (exact) mass is 360 g/mol. The fraction of sp³-hybridized carbons (Fsp3) is 0.118. The molecule has 0 spiro atoms. The van der Waals surface area contributed by atoms with Crippen LogP contribution in [0.15, 0.2) is 47.2 Å². The van der Waals surface area contributed by atoms with Crippen molar-refractivity contribution < 1.29 is 13.6 Å². The first-order chi connectivity index (χ1) is 12.0. The predicted molar refractivity (Wildman–Crippen MR) is 91.9 cm³/mol. The van der Waals surface area contributed by atoms with Gasteiger partial charge in [-0.15, -0.1) is 0 Å². The molecule has 0 bridgehead atoms. The van der Waals surface area contributed by atoms with Crippen LogP contribution in [0.2, 0.25) is 5.35 Å². The Morgan fingerprint density at radius 1 is 1.36 bits per heavy atom. The summed E-state index contributed by atoms with van der Waals surface area (Å²) in [6.45, 7) is 0.208. The van der Waals surface area contributed by atoms with Gasteiger partial charge in [0.05, 0.1) is 5.69 Å². The lowest BCUT2D eigenvalue weighted by Gasteiger charge is -2.10. The smallest absolute Gasteiger partial charge is 0.292 e. The standard InChI is InChI=1S/C17H14ClFN4O2/c18-17-23-14(9-25-17)15(24)7-10-3-4-12(19)11(6-10)8-22-13-2-1-5-21-16(13)20/h1-6,9,22H,7-8H2,(H2,20,21). The number of pyridine rings is 1. The number of carbonyl (C=O) groups excluding carboxylic acids is 1. The minimum absolute atomic E-state index is 0.0607. The number of aromatic nitrogens is 2. The van der Waals surface area contributed by atoms with E-state index in [9.17, 15) is 9.18 Å². The van der Waals surface area contributed by atoms with Crippen LogP contribution in [0, 0.1) is 5.82 Å². The number of Topliss-reactive ketones (excluding diaryl/α,β-unsaturated/α-hetero) is 1. The number of halogens is 2. The van der Waals surface area contributed by atoms with Gasteiger partial charge in [0.15, 0.2) is 5.78 Å². The minimum Gasteiger partial charge on any atom is -0.435 e. The number of hydrogen-bond acceptors (Lipinski definition) is 6. The number of oxazole rings is 1. The van der Waals surface area contributed by atoms with E-state index in [1.54, 1.807) is 30.5 Å². The number of nitrogens with two attached hydrogens (primary N) is 1. The highest BCUT2D eigenvalue weighted by Crippen LogP contribution is 2.18. The molecule has 0 saturated heterocycles. The van der Waals surface area contributed by atoms with Crippen LogP contribution in [0.3, 0.4) is 0 Å². The largest absolute Gasteiger partial charge is 0.435 e. The number of ketones is 1. The van der Waals surface area contributed by atoms with E-state index < -0.39 is 0 Å². The summed E-state index contributed by atoms with van der Waals surface area (Å²) >= 11 is 5.56. The number of anilines is 2. The molecule has 6 nitrogen and oxygen atoms in total. The zero-order valence-electron chi connectivity index (χ0n) is 13.0. The van der Waals surface area contributed by atoms with E-state index in [0.717, 1.165) is 0 Å². The lowest BCUT2D eigenvalue weighted by Crippen LogP contribution is -2.08. The van der Waals surface area contributed by atoms with Gasteiger partial charge in [0.25, 0.3) is 5.35 Å². The Morgan fingerprint density at radius 2 is 2.20 bits per heavy atom. The van der Waals surface area contributed by atoms with Crippen molar-refractivity contribution in [3.63, 3.8) is 0 Å². The maximum Gasteiger partial charge on any atom is 0.292 e. The van der Waals surface area contributed by atoms with Crippen molar-refractivity contribution in [1.29, 1.82) is 0 Å². The highest BCUT2D eigenvalue weighted by molar-refractivity contribution is 6.27. The first kappa shape index (κ1) is 16.9. The molecule has 1 aromatic carbocycles. The molecule has 0 saturated carbocycles. The molecule has 128 valence electrons. The van der Waals surface area contributed by atoms with Crippen LogP contribution in [0.5, 0.6) is 0 Å². The molecular weight excluding hydrogens is 347 g/mol. The second kappa shape index (κ2) is 7.31. The summed E-state index contributed by atoms with van der Waals surface area (Å²) in [4.78, 5) is 19.9. The van der Waals surface area contributed by atoms with E-state index in [2.05, 4.69) is 15.3 Å². The molecule has 0 aliphatic rings. The van der Waals surface area contributed by atoms with Gasteiger partial charge in [-0.05, 0) is 35.4 Å². The number of benzene rings is 1. The van der Waals surface area contributed by atoms with Gasteiger partial charge in [0.1, 0.15) is 23.6 Å². The van der Waals surface area contributed by atoms with Crippen molar-refractivity contribution in [2.75, 3.05) is 11.1 Å². The molecule has 0 radical (unpaired) electrons. The fourth-order valence-electron chi connectivity index (χ4n) is 2.29. The third-order valence-corrected chi connectivity index (χ3v) is 3.72. The highest BCUT2D eigenvalue weighted by Gasteiger charge is 2.13. The van der Waals surface area contributed by atoms with Crippen molar-refractivity contribution in [2.45, 2.75) is 13.0 Å². The number of nitrogen functional groups attached to an aromatic ring is 1. The van der Waals surface area contributed by atoms with Gasteiger partial charge in [-0.2, -0.15) is 4.98 Å². The summed E-state index contributed by atoms with van der Waals surface area (Å²) in [5.41, 5.74) is 7.56. The third-order valence-electron chi connectivity index (χ3n) is 3.54. The molecule has 2 aromatic heterocycles. The van der Waals surface area contributed by atoms with E-state index in [0.29, 0.717) is 22.6 Å². The summed E-state index contributed by atoms with van der Waals surface area (Å²) in [5.74, 6) is -0.314. The molecule has 0 fully saturated rings. The fourth-order valence-corrected chi connectivity index (χ4v) is 2.42. The van der Waals surface area contributed by atoms with Crippen LogP contribution in [0.1, 0.15) is 21.6 Å². The SMILES string of the molecule is Nc1ncccc1NCc1cc(CC(=O)c2coc(Cl)n2)ccc1F. The van der Waals surface area contributed by atoms with Crippen LogP contribution in [-0.2, 0) is 13.0 Å². The van der Waals surface area contributed by atoms with Gasteiger partial charge in [0.2, 0.25) is 0 Å². The summed E-state index contributed by atoms with van der Waals surface area (Å²) in [5, 5.41) is 2.93. The van der Waals surface area contributed by atoms with Crippen LogP contribution < -0.4 is 11.1 Å². The average Bonchev–Trinajstić information content (AvgIpc) is 3.03. The number of carbonyl (C=O) groups is 1. The van der Waals surface area contributed by atoms with Gasteiger partial charge < -0.3 is 15.5 Å². The van der Waals surface area contributed by atoms with Crippen LogP contribution >= 0.6 is 11.6 Å². The maximum atomic E-state index is 14.0. The second-order valence-electron chi connectivity index (χ2n) is 5.30. The summed E-state index contributed by atoms with van der Waals surface area (Å²) < 4.78 is 18.8. The maximum absolute atomic E-state index is 14.0. The zero-order chi connectivity index (χ0) is 17.8. The van der Waals surface area contributed by atoms with E-state index in [1.165, 1.54) is 12.3 Å². The van der Waals surface area contributed by atoms with E-state index >= 15 is 0 Å². The van der Waals surface area contributed by atoms with Gasteiger partial charge in [0, 0.05) is 24.7 Å². The van der Waals surface area contributed by atoms with Crippen LogP contribution in [-0.4, -0.2) is 15.8 Å². The quantitative estimate of drug-likeness (QED) is 0.653. The second-order valence-corrected chi connectivity index (χ2v) is 5.62. The van der Waals surface area contributed by atoms with Crippen molar-refractivity contribution in [3.8, 4) is 0 Å². The van der Waals surface area contributed by atoms with E-state index in [-0.39, 0.29) is 35.6 Å². The van der Waals surface area contributed by atoms with Gasteiger partial charge in [-0.3, -0.25) is 4.79 Å². The summed E-state index contributed by atoms with van der Waals surface area (Å²) in [6, 6.07) is 7.97. The Hall–Kier alpha value is -2.93. The Labute approximate surface area is 147 Å².